The maximum Gasteiger partial charge on any atom is 0.272 e. The Morgan fingerprint density at radius 2 is 2.17 bits per heavy atom. The van der Waals surface area contributed by atoms with Crippen LogP contribution in [-0.2, 0) is 7.05 Å². The molecule has 1 aliphatic rings. The summed E-state index contributed by atoms with van der Waals surface area (Å²) in [5.41, 5.74) is 6.57. The highest BCUT2D eigenvalue weighted by Gasteiger charge is 2.28. The van der Waals surface area contributed by atoms with Gasteiger partial charge in [0.15, 0.2) is 0 Å². The molecule has 100 valence electrons. The normalized spacial score (nSPS) is 23.9. The predicted octanol–water partition coefficient (Wildman–Crippen LogP) is 1.15. The Morgan fingerprint density at radius 3 is 2.67 bits per heavy atom. The standard InChI is InChI=1S/C13H22N4O/c1-3-17(11-6-4-10(14)5-7-11)13(18)12-8-9-15-16(12)2/h8-11H,3-7,14H2,1-2H3. The molecule has 1 aliphatic carbocycles. The van der Waals surface area contributed by atoms with Crippen LogP contribution in [0.2, 0.25) is 0 Å². The average Bonchev–Trinajstić information content (AvgIpc) is 2.78. The van der Waals surface area contributed by atoms with Crippen LogP contribution < -0.4 is 5.73 Å². The van der Waals surface area contributed by atoms with E-state index in [1.165, 1.54) is 0 Å². The molecule has 5 heteroatoms. The van der Waals surface area contributed by atoms with E-state index in [-0.39, 0.29) is 5.91 Å². The number of nitrogens with zero attached hydrogens (tertiary/aromatic N) is 3. The van der Waals surface area contributed by atoms with Crippen molar-refractivity contribution in [3.63, 3.8) is 0 Å². The van der Waals surface area contributed by atoms with Crippen LogP contribution >= 0.6 is 0 Å². The van der Waals surface area contributed by atoms with Crippen molar-refractivity contribution in [3.8, 4) is 0 Å². The van der Waals surface area contributed by atoms with E-state index in [2.05, 4.69) is 5.10 Å². The molecule has 0 aliphatic heterocycles. The summed E-state index contributed by atoms with van der Waals surface area (Å²) in [5, 5.41) is 4.06. The van der Waals surface area contributed by atoms with Crippen LogP contribution in [0.3, 0.4) is 0 Å². The van der Waals surface area contributed by atoms with Crippen LogP contribution in [0.4, 0.5) is 0 Å². The Labute approximate surface area is 108 Å². The van der Waals surface area contributed by atoms with E-state index >= 15 is 0 Å². The molecule has 1 saturated carbocycles. The second kappa shape index (κ2) is 5.52. The summed E-state index contributed by atoms with van der Waals surface area (Å²) in [6, 6.07) is 2.42. The van der Waals surface area contributed by atoms with Crippen molar-refractivity contribution in [1.82, 2.24) is 14.7 Å². The van der Waals surface area contributed by atoms with Crippen LogP contribution in [0, 0.1) is 0 Å². The lowest BCUT2D eigenvalue weighted by molar-refractivity contribution is 0.0629. The molecule has 0 unspecified atom stereocenters. The van der Waals surface area contributed by atoms with E-state index in [0.29, 0.717) is 17.8 Å². The van der Waals surface area contributed by atoms with E-state index in [1.54, 1.807) is 24.0 Å². The average molecular weight is 250 g/mol. The highest BCUT2D eigenvalue weighted by molar-refractivity contribution is 5.92. The predicted molar refractivity (Wildman–Crippen MR) is 70.1 cm³/mol. The molecular weight excluding hydrogens is 228 g/mol. The van der Waals surface area contributed by atoms with Crippen LogP contribution in [0.15, 0.2) is 12.3 Å². The van der Waals surface area contributed by atoms with Gasteiger partial charge in [-0.2, -0.15) is 5.10 Å². The maximum atomic E-state index is 12.5. The van der Waals surface area contributed by atoms with Gasteiger partial charge in [-0.3, -0.25) is 9.48 Å². The largest absolute Gasteiger partial charge is 0.335 e. The quantitative estimate of drug-likeness (QED) is 0.875. The number of rotatable bonds is 3. The molecule has 2 N–H and O–H groups in total. The number of carbonyl (C=O) groups excluding carboxylic acids is 1. The smallest absolute Gasteiger partial charge is 0.272 e. The van der Waals surface area contributed by atoms with Gasteiger partial charge in [0.25, 0.3) is 5.91 Å². The number of nitrogens with two attached hydrogens (primary N) is 1. The monoisotopic (exact) mass is 250 g/mol. The summed E-state index contributed by atoms with van der Waals surface area (Å²) in [6.45, 7) is 2.77. The van der Waals surface area contributed by atoms with Crippen molar-refractivity contribution in [2.75, 3.05) is 6.54 Å². The molecule has 0 spiro atoms. The van der Waals surface area contributed by atoms with Gasteiger partial charge in [0.05, 0.1) is 0 Å². The molecule has 1 fully saturated rings. The summed E-state index contributed by atoms with van der Waals surface area (Å²) in [5.74, 6) is 0.0815. The molecule has 0 radical (unpaired) electrons. The lowest BCUT2D eigenvalue weighted by atomic mass is 9.90. The first-order valence-electron chi connectivity index (χ1n) is 6.68. The lowest BCUT2D eigenvalue weighted by Gasteiger charge is -2.35. The lowest BCUT2D eigenvalue weighted by Crippen LogP contribution is -2.44. The molecule has 1 aromatic rings. The molecule has 0 saturated heterocycles. The number of amides is 1. The van der Waals surface area contributed by atoms with Crippen LogP contribution in [-0.4, -0.2) is 39.2 Å². The second-order valence-corrected chi connectivity index (χ2v) is 5.00. The highest BCUT2D eigenvalue weighted by Crippen LogP contribution is 2.23. The first kappa shape index (κ1) is 13.1. The van der Waals surface area contributed by atoms with Crippen molar-refractivity contribution in [2.24, 2.45) is 12.8 Å². The number of hydrogen-bond donors (Lipinski definition) is 1. The topological polar surface area (TPSA) is 64.2 Å². The highest BCUT2D eigenvalue weighted by atomic mass is 16.2. The molecule has 1 heterocycles. The first-order chi connectivity index (χ1) is 8.63. The Bertz CT molecular complexity index is 407. The number of aromatic nitrogens is 2. The van der Waals surface area contributed by atoms with Crippen molar-refractivity contribution >= 4 is 5.91 Å². The molecule has 0 aromatic carbocycles. The summed E-state index contributed by atoms with van der Waals surface area (Å²) in [6.07, 6.45) is 5.72. The van der Waals surface area contributed by atoms with Gasteiger partial charge in [0.1, 0.15) is 5.69 Å². The zero-order chi connectivity index (χ0) is 13.1. The third kappa shape index (κ3) is 2.56. The number of aryl methyl sites for hydroxylation is 1. The second-order valence-electron chi connectivity index (χ2n) is 5.00. The Hall–Kier alpha value is -1.36. The van der Waals surface area contributed by atoms with Gasteiger partial charge in [0.2, 0.25) is 0 Å². The van der Waals surface area contributed by atoms with Gasteiger partial charge in [-0.25, -0.2) is 0 Å². The van der Waals surface area contributed by atoms with E-state index < -0.39 is 0 Å². The minimum Gasteiger partial charge on any atom is -0.335 e. The fourth-order valence-corrected chi connectivity index (χ4v) is 2.71. The molecule has 1 aromatic heterocycles. The van der Waals surface area contributed by atoms with Crippen molar-refractivity contribution in [1.29, 1.82) is 0 Å². The zero-order valence-corrected chi connectivity index (χ0v) is 11.2. The molecule has 5 nitrogen and oxygen atoms in total. The summed E-state index contributed by atoms with van der Waals surface area (Å²) < 4.78 is 1.64. The molecule has 2 rings (SSSR count). The SMILES string of the molecule is CCN(C(=O)c1ccnn1C)C1CCC(N)CC1. The number of hydrogen-bond acceptors (Lipinski definition) is 3. The summed E-state index contributed by atoms with van der Waals surface area (Å²) >= 11 is 0. The fourth-order valence-electron chi connectivity index (χ4n) is 2.71. The van der Waals surface area contributed by atoms with Gasteiger partial charge < -0.3 is 10.6 Å². The Morgan fingerprint density at radius 1 is 1.50 bits per heavy atom. The molecule has 0 bridgehead atoms. The van der Waals surface area contributed by atoms with E-state index in [9.17, 15) is 4.79 Å². The molecule has 18 heavy (non-hydrogen) atoms. The first-order valence-corrected chi connectivity index (χ1v) is 6.68. The third-order valence-electron chi connectivity index (χ3n) is 3.82. The van der Waals surface area contributed by atoms with Gasteiger partial charge in [-0.05, 0) is 38.7 Å². The molecule has 1 amide bonds. The van der Waals surface area contributed by atoms with E-state index in [1.807, 2.05) is 11.8 Å². The fraction of sp³-hybridized carbons (Fsp3) is 0.692. The number of carbonyl (C=O) groups is 1. The maximum absolute atomic E-state index is 12.5. The van der Waals surface area contributed by atoms with E-state index in [0.717, 1.165) is 32.2 Å². The minimum atomic E-state index is 0.0815. The van der Waals surface area contributed by atoms with Gasteiger partial charge >= 0.3 is 0 Å². The van der Waals surface area contributed by atoms with Crippen LogP contribution in [0.1, 0.15) is 43.1 Å². The van der Waals surface area contributed by atoms with Crippen molar-refractivity contribution in [2.45, 2.75) is 44.7 Å². The van der Waals surface area contributed by atoms with Gasteiger partial charge in [-0.15, -0.1) is 0 Å². The van der Waals surface area contributed by atoms with Crippen LogP contribution in [0.5, 0.6) is 0 Å². The Balaban J connectivity index is 2.09. The third-order valence-corrected chi connectivity index (χ3v) is 3.82. The van der Waals surface area contributed by atoms with Crippen molar-refractivity contribution < 1.29 is 4.79 Å². The summed E-state index contributed by atoms with van der Waals surface area (Å²) in [4.78, 5) is 14.4. The molecule has 0 atom stereocenters. The minimum absolute atomic E-state index is 0.0815. The van der Waals surface area contributed by atoms with Gasteiger partial charge in [0, 0.05) is 31.9 Å². The van der Waals surface area contributed by atoms with Crippen molar-refractivity contribution in [3.05, 3.63) is 18.0 Å². The van der Waals surface area contributed by atoms with Crippen LogP contribution in [0.25, 0.3) is 0 Å². The summed E-state index contributed by atoms with van der Waals surface area (Å²) in [7, 11) is 1.80. The molecular formula is C13H22N4O. The Kier molecular flexibility index (Phi) is 4.01. The van der Waals surface area contributed by atoms with E-state index in [4.69, 9.17) is 5.73 Å². The van der Waals surface area contributed by atoms with Gasteiger partial charge in [-0.1, -0.05) is 0 Å². The zero-order valence-electron chi connectivity index (χ0n) is 11.2.